The standard InChI is InChI=1S/C21H22N4O3/c1-14-15-8-3-4-10-17(15)28-18(14)21(27)24-23-20(26)16-9-7-11-22-19(16)25-12-5-2-6-13-25/h3-4,7-11H,2,5-6,12-13H2,1H3,(H,23,26)(H,24,27). The second-order valence-corrected chi connectivity index (χ2v) is 6.88. The van der Waals surface area contributed by atoms with Gasteiger partial charge >= 0.3 is 5.91 Å². The lowest BCUT2D eigenvalue weighted by atomic mass is 10.1. The number of piperidine rings is 1. The zero-order valence-electron chi connectivity index (χ0n) is 15.7. The Morgan fingerprint density at radius 2 is 1.75 bits per heavy atom. The number of rotatable bonds is 3. The Hall–Kier alpha value is -3.35. The summed E-state index contributed by atoms with van der Waals surface area (Å²) in [6.45, 7) is 3.57. The average molecular weight is 378 g/mol. The maximum Gasteiger partial charge on any atom is 0.305 e. The Bertz CT molecular complexity index is 1020. The first kappa shape index (κ1) is 18.0. The monoisotopic (exact) mass is 378 g/mol. The number of anilines is 1. The molecule has 1 fully saturated rings. The summed E-state index contributed by atoms with van der Waals surface area (Å²) in [5.74, 6) is -0.0703. The number of nitrogens with one attached hydrogen (secondary N) is 2. The summed E-state index contributed by atoms with van der Waals surface area (Å²) in [6.07, 6.45) is 5.04. The van der Waals surface area contributed by atoms with E-state index in [9.17, 15) is 9.59 Å². The van der Waals surface area contributed by atoms with E-state index in [0.29, 0.717) is 17.0 Å². The number of amides is 2. The van der Waals surface area contributed by atoms with Gasteiger partial charge in [0.1, 0.15) is 11.4 Å². The van der Waals surface area contributed by atoms with Crippen molar-refractivity contribution >= 4 is 28.6 Å². The molecule has 3 heterocycles. The number of furan rings is 1. The Morgan fingerprint density at radius 3 is 2.54 bits per heavy atom. The van der Waals surface area contributed by atoms with Crippen LogP contribution in [0, 0.1) is 6.92 Å². The fraction of sp³-hybridized carbons (Fsp3) is 0.286. The van der Waals surface area contributed by atoms with E-state index < -0.39 is 11.8 Å². The molecule has 3 aromatic rings. The van der Waals surface area contributed by atoms with Gasteiger partial charge in [-0.05, 0) is 44.4 Å². The predicted molar refractivity (Wildman–Crippen MR) is 106 cm³/mol. The molecule has 28 heavy (non-hydrogen) atoms. The first-order valence-electron chi connectivity index (χ1n) is 9.44. The topological polar surface area (TPSA) is 87.5 Å². The zero-order chi connectivity index (χ0) is 19.5. The van der Waals surface area contributed by atoms with Gasteiger partial charge in [0.2, 0.25) is 0 Å². The molecule has 4 rings (SSSR count). The summed E-state index contributed by atoms with van der Waals surface area (Å²) in [7, 11) is 0. The molecule has 2 N–H and O–H groups in total. The van der Waals surface area contributed by atoms with Gasteiger partial charge in [-0.2, -0.15) is 0 Å². The largest absolute Gasteiger partial charge is 0.451 e. The number of pyridine rings is 1. The molecule has 7 nitrogen and oxygen atoms in total. The van der Waals surface area contributed by atoms with Gasteiger partial charge in [-0.1, -0.05) is 18.2 Å². The van der Waals surface area contributed by atoms with Crippen molar-refractivity contribution in [1.29, 1.82) is 0 Å². The van der Waals surface area contributed by atoms with Crippen LogP contribution in [0.15, 0.2) is 47.0 Å². The Morgan fingerprint density at radius 1 is 1.00 bits per heavy atom. The van der Waals surface area contributed by atoms with E-state index in [2.05, 4.69) is 20.7 Å². The van der Waals surface area contributed by atoms with Crippen molar-refractivity contribution in [2.24, 2.45) is 0 Å². The summed E-state index contributed by atoms with van der Waals surface area (Å²) >= 11 is 0. The fourth-order valence-electron chi connectivity index (χ4n) is 3.56. The molecular formula is C21H22N4O3. The smallest absolute Gasteiger partial charge is 0.305 e. The maximum absolute atomic E-state index is 12.7. The zero-order valence-corrected chi connectivity index (χ0v) is 15.7. The minimum Gasteiger partial charge on any atom is -0.451 e. The van der Waals surface area contributed by atoms with Crippen LogP contribution >= 0.6 is 0 Å². The third-order valence-electron chi connectivity index (χ3n) is 5.03. The van der Waals surface area contributed by atoms with Gasteiger partial charge in [-0.3, -0.25) is 20.4 Å². The quantitative estimate of drug-likeness (QED) is 0.684. The summed E-state index contributed by atoms with van der Waals surface area (Å²) in [5.41, 5.74) is 6.74. The molecule has 2 amide bonds. The van der Waals surface area contributed by atoms with Crippen LogP contribution in [-0.4, -0.2) is 29.9 Å². The highest BCUT2D eigenvalue weighted by Crippen LogP contribution is 2.25. The van der Waals surface area contributed by atoms with Crippen LogP contribution in [0.2, 0.25) is 0 Å². The van der Waals surface area contributed by atoms with E-state index >= 15 is 0 Å². The number of para-hydroxylation sites is 1. The number of carbonyl (C=O) groups excluding carboxylic acids is 2. The van der Waals surface area contributed by atoms with Crippen molar-refractivity contribution in [3.8, 4) is 0 Å². The van der Waals surface area contributed by atoms with Crippen molar-refractivity contribution in [2.45, 2.75) is 26.2 Å². The number of aromatic nitrogens is 1. The molecule has 0 bridgehead atoms. The first-order chi connectivity index (χ1) is 13.6. The second-order valence-electron chi connectivity index (χ2n) is 6.88. The van der Waals surface area contributed by atoms with Crippen LogP contribution in [0.25, 0.3) is 11.0 Å². The number of carbonyl (C=O) groups is 2. The Labute approximate surface area is 162 Å². The SMILES string of the molecule is Cc1c(C(=O)NNC(=O)c2cccnc2N2CCCCC2)oc2ccccc12. The maximum atomic E-state index is 12.7. The van der Waals surface area contributed by atoms with Gasteiger partial charge < -0.3 is 9.32 Å². The van der Waals surface area contributed by atoms with Crippen molar-refractivity contribution in [3.05, 3.63) is 59.5 Å². The normalized spacial score (nSPS) is 14.1. The van der Waals surface area contributed by atoms with Gasteiger partial charge in [0.15, 0.2) is 5.76 Å². The van der Waals surface area contributed by atoms with E-state index in [4.69, 9.17) is 4.42 Å². The molecule has 2 aromatic heterocycles. The van der Waals surface area contributed by atoms with Crippen LogP contribution in [0.5, 0.6) is 0 Å². The average Bonchev–Trinajstić information content (AvgIpc) is 3.09. The number of hydrazine groups is 1. The highest BCUT2D eigenvalue weighted by molar-refractivity contribution is 6.03. The number of benzene rings is 1. The fourth-order valence-corrected chi connectivity index (χ4v) is 3.56. The molecule has 1 aliphatic rings. The molecule has 1 saturated heterocycles. The van der Waals surface area contributed by atoms with Crippen molar-refractivity contribution in [2.75, 3.05) is 18.0 Å². The van der Waals surface area contributed by atoms with E-state index in [1.807, 2.05) is 25.1 Å². The molecule has 7 heteroatoms. The molecule has 0 aliphatic carbocycles. The third kappa shape index (κ3) is 3.43. The molecular weight excluding hydrogens is 356 g/mol. The molecule has 0 atom stereocenters. The van der Waals surface area contributed by atoms with Gasteiger partial charge in [-0.25, -0.2) is 4.98 Å². The van der Waals surface area contributed by atoms with Crippen LogP contribution in [0.1, 0.15) is 45.7 Å². The number of hydrogen-bond acceptors (Lipinski definition) is 5. The highest BCUT2D eigenvalue weighted by Gasteiger charge is 2.21. The molecule has 0 radical (unpaired) electrons. The Balaban J connectivity index is 1.48. The lowest BCUT2D eigenvalue weighted by Gasteiger charge is -2.29. The summed E-state index contributed by atoms with van der Waals surface area (Å²) in [4.78, 5) is 31.7. The molecule has 0 spiro atoms. The van der Waals surface area contributed by atoms with E-state index in [1.165, 1.54) is 6.42 Å². The highest BCUT2D eigenvalue weighted by atomic mass is 16.3. The van der Waals surface area contributed by atoms with Gasteiger partial charge in [0.25, 0.3) is 5.91 Å². The minimum absolute atomic E-state index is 0.184. The lowest BCUT2D eigenvalue weighted by molar-refractivity contribution is 0.0831. The van der Waals surface area contributed by atoms with E-state index in [0.717, 1.165) is 36.9 Å². The number of hydrogen-bond donors (Lipinski definition) is 2. The first-order valence-corrected chi connectivity index (χ1v) is 9.44. The Kier molecular flexibility index (Phi) is 4.97. The lowest BCUT2D eigenvalue weighted by Crippen LogP contribution is -2.42. The van der Waals surface area contributed by atoms with Gasteiger partial charge in [0, 0.05) is 30.2 Å². The number of fused-ring (bicyclic) bond motifs is 1. The van der Waals surface area contributed by atoms with Crippen LogP contribution in [0.3, 0.4) is 0 Å². The summed E-state index contributed by atoms with van der Waals surface area (Å²) in [6, 6.07) is 10.9. The number of nitrogens with zero attached hydrogens (tertiary/aromatic N) is 2. The van der Waals surface area contributed by atoms with E-state index in [1.54, 1.807) is 24.4 Å². The predicted octanol–water partition coefficient (Wildman–Crippen LogP) is 3.20. The molecule has 1 aliphatic heterocycles. The molecule has 0 saturated carbocycles. The van der Waals surface area contributed by atoms with E-state index in [-0.39, 0.29) is 5.76 Å². The second kappa shape index (κ2) is 7.72. The van der Waals surface area contributed by atoms with Crippen LogP contribution in [0.4, 0.5) is 5.82 Å². The molecule has 144 valence electrons. The number of aryl methyl sites for hydroxylation is 1. The van der Waals surface area contributed by atoms with Gasteiger partial charge in [0.05, 0.1) is 5.56 Å². The summed E-state index contributed by atoms with van der Waals surface area (Å²) in [5, 5.41) is 0.874. The van der Waals surface area contributed by atoms with Crippen LogP contribution in [-0.2, 0) is 0 Å². The molecule has 0 unspecified atom stereocenters. The third-order valence-corrected chi connectivity index (χ3v) is 5.03. The van der Waals surface area contributed by atoms with Crippen molar-refractivity contribution < 1.29 is 14.0 Å². The van der Waals surface area contributed by atoms with Crippen molar-refractivity contribution in [1.82, 2.24) is 15.8 Å². The summed E-state index contributed by atoms with van der Waals surface area (Å²) < 4.78 is 5.63. The van der Waals surface area contributed by atoms with Gasteiger partial charge in [-0.15, -0.1) is 0 Å². The van der Waals surface area contributed by atoms with Crippen molar-refractivity contribution in [3.63, 3.8) is 0 Å². The minimum atomic E-state index is -0.495. The van der Waals surface area contributed by atoms with Crippen LogP contribution < -0.4 is 15.8 Å². The molecule has 1 aromatic carbocycles.